The van der Waals surface area contributed by atoms with E-state index in [0.29, 0.717) is 39.0 Å². The Morgan fingerprint density at radius 2 is 1.84 bits per heavy atom. The lowest BCUT2D eigenvalue weighted by molar-refractivity contribution is -0.153. The van der Waals surface area contributed by atoms with E-state index in [1.165, 1.54) is 11.8 Å². The van der Waals surface area contributed by atoms with Crippen LogP contribution in [-0.2, 0) is 14.3 Å². The quantitative estimate of drug-likeness (QED) is 0.747. The second kappa shape index (κ2) is 7.58. The van der Waals surface area contributed by atoms with Crippen molar-refractivity contribution in [3.63, 3.8) is 0 Å². The molecule has 5 rings (SSSR count). The normalized spacial score (nSPS) is 28.0. The first-order chi connectivity index (χ1) is 15.3. The molecular weight excluding hydrogens is 424 g/mol. The zero-order valence-electron chi connectivity index (χ0n) is 17.8. The van der Waals surface area contributed by atoms with E-state index in [4.69, 9.17) is 4.74 Å². The summed E-state index contributed by atoms with van der Waals surface area (Å²) >= 11 is 0. The smallest absolute Gasteiger partial charge is 0.415 e. The number of nitrogens with one attached hydrogen (secondary N) is 1. The average molecular weight is 449 g/mol. The lowest BCUT2D eigenvalue weighted by Crippen LogP contribution is -2.50. The van der Waals surface area contributed by atoms with Crippen LogP contribution in [0.5, 0.6) is 0 Å². The second-order valence-electron chi connectivity index (χ2n) is 8.80. The van der Waals surface area contributed by atoms with Crippen LogP contribution in [0.2, 0.25) is 0 Å². The second-order valence-corrected chi connectivity index (χ2v) is 8.80. The summed E-state index contributed by atoms with van der Waals surface area (Å²) in [6.45, 7) is 3.80. The summed E-state index contributed by atoms with van der Waals surface area (Å²) in [6, 6.07) is 1.98. The zero-order valence-corrected chi connectivity index (χ0v) is 17.8. The molecule has 1 saturated carbocycles. The van der Waals surface area contributed by atoms with Gasteiger partial charge in [0.05, 0.1) is 24.8 Å². The summed E-state index contributed by atoms with van der Waals surface area (Å²) in [5.41, 5.74) is -0.928. The topological polar surface area (TPSA) is 85.4 Å². The number of halogens is 2. The van der Waals surface area contributed by atoms with Gasteiger partial charge in [0.15, 0.2) is 17.2 Å². The number of fused-ring (bicyclic) bond motifs is 1. The molecule has 4 fully saturated rings. The standard InChI is InChI=1S/C21H25F2N5O4/c1-13(29)24-17-11-21(17)12-27(20(31)32-21)14-9-15(22)19(16(23)10-14)25-5-7-26-4-2-3-18(30)28(26)8-6-25/h9-10,17H,2-8,11-12H2,1H3,(H,24,29)/t17?,21-/m1/s1. The predicted octanol–water partition coefficient (Wildman–Crippen LogP) is 1.23. The van der Waals surface area contributed by atoms with Crippen LogP contribution in [-0.4, -0.2) is 78.8 Å². The van der Waals surface area contributed by atoms with E-state index in [1.807, 2.05) is 5.01 Å². The van der Waals surface area contributed by atoms with Gasteiger partial charge < -0.3 is 15.0 Å². The maximum absolute atomic E-state index is 15.1. The van der Waals surface area contributed by atoms with Crippen LogP contribution in [0.15, 0.2) is 12.1 Å². The first-order valence-corrected chi connectivity index (χ1v) is 10.8. The minimum atomic E-state index is -0.842. The average Bonchev–Trinajstić information content (AvgIpc) is 3.32. The van der Waals surface area contributed by atoms with Gasteiger partial charge >= 0.3 is 6.09 Å². The van der Waals surface area contributed by atoms with Gasteiger partial charge in [-0.2, -0.15) is 0 Å². The molecule has 1 N–H and O–H groups in total. The van der Waals surface area contributed by atoms with Crippen molar-refractivity contribution < 1.29 is 27.9 Å². The maximum atomic E-state index is 15.1. The van der Waals surface area contributed by atoms with Gasteiger partial charge in [-0.05, 0) is 6.42 Å². The predicted molar refractivity (Wildman–Crippen MR) is 110 cm³/mol. The summed E-state index contributed by atoms with van der Waals surface area (Å²) in [5, 5.41) is 6.33. The lowest BCUT2D eigenvalue weighted by Gasteiger charge is -2.36. The van der Waals surface area contributed by atoms with Crippen molar-refractivity contribution in [3.8, 4) is 0 Å². The van der Waals surface area contributed by atoms with Crippen LogP contribution in [0.1, 0.15) is 26.2 Å². The van der Waals surface area contributed by atoms with Crippen molar-refractivity contribution in [2.45, 2.75) is 37.8 Å². The maximum Gasteiger partial charge on any atom is 0.415 e. The van der Waals surface area contributed by atoms with E-state index in [-0.39, 0.29) is 35.8 Å². The van der Waals surface area contributed by atoms with Gasteiger partial charge in [0.1, 0.15) is 5.69 Å². The van der Waals surface area contributed by atoms with Gasteiger partial charge in [0, 0.05) is 58.1 Å². The van der Waals surface area contributed by atoms with E-state index in [2.05, 4.69) is 5.32 Å². The number of nitrogens with zero attached hydrogens (tertiary/aromatic N) is 4. The summed E-state index contributed by atoms with van der Waals surface area (Å²) in [6.07, 6.45) is 1.05. The van der Waals surface area contributed by atoms with Crippen LogP contribution in [0.3, 0.4) is 0 Å². The number of ether oxygens (including phenoxy) is 1. The Balaban J connectivity index is 1.33. The van der Waals surface area contributed by atoms with Crippen LogP contribution in [0.25, 0.3) is 0 Å². The highest BCUT2D eigenvalue weighted by Crippen LogP contribution is 2.46. The number of hydrogen-bond donors (Lipinski definition) is 1. The number of carbonyl (C=O) groups is 3. The Morgan fingerprint density at radius 1 is 1.12 bits per heavy atom. The van der Waals surface area contributed by atoms with Gasteiger partial charge in [-0.3, -0.25) is 19.5 Å². The number of hydrogen-bond acceptors (Lipinski definition) is 6. The van der Waals surface area contributed by atoms with Crippen molar-refractivity contribution in [1.82, 2.24) is 15.3 Å². The molecule has 1 aromatic carbocycles. The van der Waals surface area contributed by atoms with Crippen LogP contribution in [0.4, 0.5) is 25.0 Å². The molecule has 4 aliphatic rings. The molecule has 11 heteroatoms. The van der Waals surface area contributed by atoms with Crippen LogP contribution >= 0.6 is 0 Å². The molecule has 0 bridgehead atoms. The summed E-state index contributed by atoms with van der Waals surface area (Å²) in [4.78, 5) is 38.6. The van der Waals surface area contributed by atoms with Crippen molar-refractivity contribution >= 4 is 29.3 Å². The molecule has 1 aromatic rings. The van der Waals surface area contributed by atoms with Gasteiger partial charge in [-0.15, -0.1) is 0 Å². The van der Waals surface area contributed by atoms with E-state index in [0.717, 1.165) is 25.1 Å². The molecule has 3 saturated heterocycles. The molecule has 1 unspecified atom stereocenters. The summed E-state index contributed by atoms with van der Waals surface area (Å²) < 4.78 is 35.6. The van der Waals surface area contributed by atoms with Crippen molar-refractivity contribution in [1.29, 1.82) is 0 Å². The van der Waals surface area contributed by atoms with E-state index >= 15 is 8.78 Å². The van der Waals surface area contributed by atoms with E-state index in [9.17, 15) is 14.4 Å². The number of anilines is 2. The Morgan fingerprint density at radius 3 is 2.56 bits per heavy atom. The van der Waals surface area contributed by atoms with Gasteiger partial charge in [-0.1, -0.05) is 0 Å². The number of amides is 3. The fraction of sp³-hybridized carbons (Fsp3) is 0.571. The molecule has 0 aromatic heterocycles. The molecule has 2 atom stereocenters. The Hall–Kier alpha value is -2.95. The molecule has 172 valence electrons. The van der Waals surface area contributed by atoms with E-state index in [1.54, 1.807) is 9.91 Å². The summed E-state index contributed by atoms with van der Waals surface area (Å²) in [7, 11) is 0. The SMILES string of the molecule is CC(=O)NC1C[C@@]12CN(c1cc(F)c(N3CCN4CCCC(=O)N4CC3)c(F)c1)C(=O)O2. The van der Waals surface area contributed by atoms with Crippen molar-refractivity contribution in [3.05, 3.63) is 23.8 Å². The highest BCUT2D eigenvalue weighted by molar-refractivity contribution is 5.91. The number of rotatable bonds is 3. The van der Waals surface area contributed by atoms with Gasteiger partial charge in [0.25, 0.3) is 0 Å². The highest BCUT2D eigenvalue weighted by atomic mass is 19.1. The van der Waals surface area contributed by atoms with Gasteiger partial charge in [0.2, 0.25) is 11.8 Å². The fourth-order valence-electron chi connectivity index (χ4n) is 4.91. The number of carbonyl (C=O) groups excluding carboxylic acids is 3. The molecule has 3 amide bonds. The van der Waals surface area contributed by atoms with E-state index < -0.39 is 23.3 Å². The fourth-order valence-corrected chi connectivity index (χ4v) is 4.91. The molecule has 3 aliphatic heterocycles. The highest BCUT2D eigenvalue weighted by Gasteiger charge is 2.64. The first kappa shape index (κ1) is 20.9. The zero-order chi connectivity index (χ0) is 22.6. The Bertz CT molecular complexity index is 968. The Labute approximate surface area is 183 Å². The van der Waals surface area contributed by atoms with Crippen molar-refractivity contribution in [2.75, 3.05) is 49.1 Å². The van der Waals surface area contributed by atoms with Gasteiger partial charge in [-0.25, -0.2) is 18.6 Å². The first-order valence-electron chi connectivity index (χ1n) is 10.8. The monoisotopic (exact) mass is 449 g/mol. The minimum Gasteiger partial charge on any atom is -0.438 e. The molecule has 1 aliphatic carbocycles. The molecule has 3 heterocycles. The van der Waals surface area contributed by atoms with Crippen LogP contribution < -0.4 is 15.1 Å². The number of benzene rings is 1. The number of hydrazine groups is 1. The van der Waals surface area contributed by atoms with Crippen LogP contribution in [0, 0.1) is 11.6 Å². The third-order valence-electron chi connectivity index (χ3n) is 6.61. The molecule has 1 spiro atoms. The molecule has 0 radical (unpaired) electrons. The summed E-state index contributed by atoms with van der Waals surface area (Å²) in [5.74, 6) is -1.74. The lowest BCUT2D eigenvalue weighted by atomic mass is 10.2. The third kappa shape index (κ3) is 3.54. The van der Waals surface area contributed by atoms with Crippen molar-refractivity contribution in [2.24, 2.45) is 0 Å². The molecular formula is C21H25F2N5O4. The Kier molecular flexibility index (Phi) is 4.95. The minimum absolute atomic E-state index is 0.0357. The third-order valence-corrected chi connectivity index (χ3v) is 6.61. The molecule has 9 nitrogen and oxygen atoms in total. The largest absolute Gasteiger partial charge is 0.438 e. The molecule has 32 heavy (non-hydrogen) atoms.